The standard InChI is InChI=1S/C14H11F2NO2/c1-19-13-5-2-8(15)6-11(13)14(18)10-7-9(17)3-4-12(10)16/h2-7H,17H2,1H3. The lowest BCUT2D eigenvalue weighted by Gasteiger charge is -2.09. The molecule has 19 heavy (non-hydrogen) atoms. The molecule has 3 nitrogen and oxygen atoms in total. The Morgan fingerprint density at radius 3 is 2.53 bits per heavy atom. The van der Waals surface area contributed by atoms with E-state index in [0.717, 1.165) is 18.2 Å². The van der Waals surface area contributed by atoms with Crippen molar-refractivity contribution in [2.75, 3.05) is 12.8 Å². The Bertz CT molecular complexity index is 641. The van der Waals surface area contributed by atoms with E-state index in [0.29, 0.717) is 0 Å². The van der Waals surface area contributed by atoms with Crippen LogP contribution in [0.2, 0.25) is 0 Å². The molecule has 0 saturated carbocycles. The Kier molecular flexibility index (Phi) is 3.46. The Morgan fingerprint density at radius 2 is 1.84 bits per heavy atom. The molecule has 5 heteroatoms. The van der Waals surface area contributed by atoms with Crippen LogP contribution in [0.1, 0.15) is 15.9 Å². The van der Waals surface area contributed by atoms with Crippen LogP contribution in [0.25, 0.3) is 0 Å². The summed E-state index contributed by atoms with van der Waals surface area (Å²) in [5.41, 5.74) is 5.50. The number of ether oxygens (including phenoxy) is 1. The largest absolute Gasteiger partial charge is 0.496 e. The van der Waals surface area contributed by atoms with E-state index in [9.17, 15) is 13.6 Å². The molecule has 0 spiro atoms. The molecular formula is C14H11F2NO2. The lowest BCUT2D eigenvalue weighted by Crippen LogP contribution is -2.07. The predicted octanol–water partition coefficient (Wildman–Crippen LogP) is 2.79. The first-order chi connectivity index (χ1) is 9.02. The number of hydrogen-bond acceptors (Lipinski definition) is 3. The summed E-state index contributed by atoms with van der Waals surface area (Å²) in [6, 6.07) is 7.12. The van der Waals surface area contributed by atoms with Gasteiger partial charge in [0, 0.05) is 5.69 Å². The highest BCUT2D eigenvalue weighted by Gasteiger charge is 2.19. The zero-order chi connectivity index (χ0) is 14.0. The van der Waals surface area contributed by atoms with Crippen molar-refractivity contribution in [3.05, 3.63) is 59.2 Å². The van der Waals surface area contributed by atoms with E-state index in [1.165, 1.54) is 25.3 Å². The number of nitrogens with two attached hydrogens (primary N) is 1. The third kappa shape index (κ3) is 2.54. The Morgan fingerprint density at radius 1 is 1.11 bits per heavy atom. The van der Waals surface area contributed by atoms with Crippen molar-refractivity contribution in [2.45, 2.75) is 0 Å². The number of nitrogen functional groups attached to an aromatic ring is 1. The van der Waals surface area contributed by atoms with Crippen LogP contribution in [-0.2, 0) is 0 Å². The monoisotopic (exact) mass is 263 g/mol. The maximum absolute atomic E-state index is 13.6. The molecule has 0 saturated heterocycles. The number of halogens is 2. The first-order valence-corrected chi connectivity index (χ1v) is 5.46. The van der Waals surface area contributed by atoms with Crippen LogP contribution in [0.4, 0.5) is 14.5 Å². The fourth-order valence-corrected chi connectivity index (χ4v) is 1.72. The van der Waals surface area contributed by atoms with Gasteiger partial charge in [-0.05, 0) is 36.4 Å². The van der Waals surface area contributed by atoms with Gasteiger partial charge in [0.1, 0.15) is 17.4 Å². The molecule has 0 radical (unpaired) electrons. The highest BCUT2D eigenvalue weighted by atomic mass is 19.1. The molecule has 0 amide bonds. The van der Waals surface area contributed by atoms with Crippen molar-refractivity contribution in [3.8, 4) is 5.75 Å². The van der Waals surface area contributed by atoms with Crippen LogP contribution in [0.3, 0.4) is 0 Å². The van der Waals surface area contributed by atoms with Gasteiger partial charge in [0.25, 0.3) is 0 Å². The van der Waals surface area contributed by atoms with Gasteiger partial charge in [-0.15, -0.1) is 0 Å². The summed E-state index contributed by atoms with van der Waals surface area (Å²) < 4.78 is 31.8. The minimum atomic E-state index is -0.717. The van der Waals surface area contributed by atoms with Crippen molar-refractivity contribution in [3.63, 3.8) is 0 Å². The molecule has 2 rings (SSSR count). The van der Waals surface area contributed by atoms with Crippen molar-refractivity contribution in [1.82, 2.24) is 0 Å². The molecule has 0 aliphatic carbocycles. The van der Waals surface area contributed by atoms with E-state index < -0.39 is 17.4 Å². The summed E-state index contributed by atoms with van der Waals surface area (Å²) in [5, 5.41) is 0. The number of rotatable bonds is 3. The van der Waals surface area contributed by atoms with Gasteiger partial charge >= 0.3 is 0 Å². The van der Waals surface area contributed by atoms with Crippen molar-refractivity contribution >= 4 is 11.5 Å². The van der Waals surface area contributed by atoms with E-state index in [4.69, 9.17) is 10.5 Å². The zero-order valence-corrected chi connectivity index (χ0v) is 10.1. The van der Waals surface area contributed by atoms with E-state index in [1.54, 1.807) is 0 Å². The Balaban J connectivity index is 2.55. The molecule has 0 aliphatic heterocycles. The van der Waals surface area contributed by atoms with Gasteiger partial charge in [-0.1, -0.05) is 0 Å². The molecule has 0 bridgehead atoms. The molecule has 0 heterocycles. The van der Waals surface area contributed by atoms with Crippen LogP contribution in [0, 0.1) is 11.6 Å². The van der Waals surface area contributed by atoms with Crippen LogP contribution < -0.4 is 10.5 Å². The van der Waals surface area contributed by atoms with E-state index in [-0.39, 0.29) is 22.6 Å². The second-order valence-corrected chi connectivity index (χ2v) is 3.91. The minimum Gasteiger partial charge on any atom is -0.496 e. The Hall–Kier alpha value is -2.43. The summed E-state index contributed by atoms with van der Waals surface area (Å²) >= 11 is 0. The zero-order valence-electron chi connectivity index (χ0n) is 10.1. The third-order valence-electron chi connectivity index (χ3n) is 2.64. The number of benzene rings is 2. The van der Waals surface area contributed by atoms with Gasteiger partial charge in [-0.2, -0.15) is 0 Å². The summed E-state index contributed by atoms with van der Waals surface area (Å²) in [6.45, 7) is 0. The molecule has 2 aromatic carbocycles. The van der Waals surface area contributed by atoms with Crippen molar-refractivity contribution < 1.29 is 18.3 Å². The number of carbonyl (C=O) groups excluding carboxylic acids is 1. The van der Waals surface area contributed by atoms with Crippen LogP contribution >= 0.6 is 0 Å². The molecular weight excluding hydrogens is 252 g/mol. The van der Waals surface area contributed by atoms with Gasteiger partial charge in [0.05, 0.1) is 18.2 Å². The SMILES string of the molecule is COc1ccc(F)cc1C(=O)c1cc(N)ccc1F. The Labute approximate surface area is 108 Å². The average molecular weight is 263 g/mol. The highest BCUT2D eigenvalue weighted by Crippen LogP contribution is 2.24. The second kappa shape index (κ2) is 5.06. The average Bonchev–Trinajstić information content (AvgIpc) is 2.40. The number of carbonyl (C=O) groups is 1. The molecule has 0 aliphatic rings. The number of methoxy groups -OCH3 is 1. The van der Waals surface area contributed by atoms with Crippen molar-refractivity contribution in [2.24, 2.45) is 0 Å². The van der Waals surface area contributed by atoms with Gasteiger partial charge in [0.2, 0.25) is 0 Å². The van der Waals surface area contributed by atoms with E-state index >= 15 is 0 Å². The molecule has 98 valence electrons. The first kappa shape index (κ1) is 13.0. The molecule has 0 atom stereocenters. The quantitative estimate of drug-likeness (QED) is 0.684. The molecule has 2 N–H and O–H groups in total. The second-order valence-electron chi connectivity index (χ2n) is 3.91. The van der Waals surface area contributed by atoms with Gasteiger partial charge in [0.15, 0.2) is 5.78 Å². The molecule has 0 fully saturated rings. The van der Waals surface area contributed by atoms with Crippen LogP contribution in [0.15, 0.2) is 36.4 Å². The number of anilines is 1. The summed E-state index contributed by atoms with van der Waals surface area (Å²) in [4.78, 5) is 12.2. The smallest absolute Gasteiger partial charge is 0.199 e. The molecule has 0 unspecified atom stereocenters. The van der Waals surface area contributed by atoms with E-state index in [1.807, 2.05) is 0 Å². The predicted molar refractivity (Wildman–Crippen MR) is 67.2 cm³/mol. The molecule has 2 aromatic rings. The van der Waals surface area contributed by atoms with Gasteiger partial charge in [-0.25, -0.2) is 8.78 Å². The summed E-state index contributed by atoms with van der Waals surface area (Å²) in [6.07, 6.45) is 0. The fraction of sp³-hybridized carbons (Fsp3) is 0.0714. The normalized spacial score (nSPS) is 10.3. The fourth-order valence-electron chi connectivity index (χ4n) is 1.72. The third-order valence-corrected chi connectivity index (χ3v) is 2.64. The lowest BCUT2D eigenvalue weighted by molar-refractivity contribution is 0.103. The van der Waals surface area contributed by atoms with Gasteiger partial charge in [-0.3, -0.25) is 4.79 Å². The summed E-state index contributed by atoms with van der Waals surface area (Å²) in [7, 11) is 1.35. The number of hydrogen-bond donors (Lipinski definition) is 1. The lowest BCUT2D eigenvalue weighted by atomic mass is 10.0. The maximum Gasteiger partial charge on any atom is 0.199 e. The molecule has 0 aromatic heterocycles. The van der Waals surface area contributed by atoms with Gasteiger partial charge < -0.3 is 10.5 Å². The van der Waals surface area contributed by atoms with Crippen LogP contribution in [0.5, 0.6) is 5.75 Å². The summed E-state index contributed by atoms with van der Waals surface area (Å²) in [5.74, 6) is -1.83. The van der Waals surface area contributed by atoms with Crippen LogP contribution in [-0.4, -0.2) is 12.9 Å². The maximum atomic E-state index is 13.6. The number of ketones is 1. The minimum absolute atomic E-state index is 0.0491. The highest BCUT2D eigenvalue weighted by molar-refractivity contribution is 6.11. The topological polar surface area (TPSA) is 52.3 Å². The van der Waals surface area contributed by atoms with E-state index in [2.05, 4.69) is 0 Å². The first-order valence-electron chi connectivity index (χ1n) is 5.46. The van der Waals surface area contributed by atoms with Crippen molar-refractivity contribution in [1.29, 1.82) is 0 Å².